The number of aromatic hydroxyl groups is 1. The Balaban J connectivity index is 0.00000324. The zero-order valence-electron chi connectivity index (χ0n) is 10.6. The van der Waals surface area contributed by atoms with Crippen LogP contribution in [0, 0.1) is 10.1 Å². The number of nitrogens with zero attached hydrogens (tertiary/aromatic N) is 1. The molecule has 0 aliphatic rings. The van der Waals surface area contributed by atoms with Crippen molar-refractivity contribution in [3.05, 3.63) is 27.8 Å². The minimum atomic E-state index is -0.913. The number of methoxy groups -OCH3 is 1. The summed E-state index contributed by atoms with van der Waals surface area (Å²) in [5, 5.41) is 30.3. The smallest absolute Gasteiger partial charge is 0.273 e. The van der Waals surface area contributed by atoms with E-state index in [1.54, 1.807) is 6.92 Å². The highest BCUT2D eigenvalue weighted by Gasteiger charge is 2.24. The van der Waals surface area contributed by atoms with Crippen LogP contribution in [-0.4, -0.2) is 28.4 Å². The summed E-state index contributed by atoms with van der Waals surface area (Å²) in [6.07, 6.45) is -0.534. The Morgan fingerprint density at radius 3 is 2.53 bits per heavy atom. The number of aliphatic hydroxyl groups is 1. The van der Waals surface area contributed by atoms with E-state index in [-0.39, 0.29) is 35.2 Å². The number of nitro groups is 1. The van der Waals surface area contributed by atoms with Gasteiger partial charge in [-0.3, -0.25) is 10.1 Å². The first-order valence-corrected chi connectivity index (χ1v) is 5.41. The molecule has 7 nitrogen and oxygen atoms in total. The fraction of sp³-hybridized carbons (Fsp3) is 0.455. The van der Waals surface area contributed by atoms with Gasteiger partial charge in [0.05, 0.1) is 30.2 Å². The summed E-state index contributed by atoms with van der Waals surface area (Å²) < 4.78 is 4.85. The Hall–Kier alpha value is -1.57. The molecule has 0 unspecified atom stereocenters. The Bertz CT molecular complexity index is 455. The fourth-order valence-electron chi connectivity index (χ4n) is 1.59. The number of aliphatic hydroxyl groups excluding tert-OH is 1. The normalized spacial score (nSPS) is 13.3. The van der Waals surface area contributed by atoms with Crippen LogP contribution in [0.2, 0.25) is 0 Å². The Kier molecular flexibility index (Phi) is 6.54. The molecular weight excluding hydrogens is 276 g/mol. The predicted molar refractivity (Wildman–Crippen MR) is 71.8 cm³/mol. The molecule has 1 aromatic rings. The van der Waals surface area contributed by atoms with E-state index in [0.29, 0.717) is 6.42 Å². The molecule has 8 heteroatoms. The summed E-state index contributed by atoms with van der Waals surface area (Å²) in [6.45, 7) is 1.72. The first-order valence-electron chi connectivity index (χ1n) is 5.41. The number of hydrogen-bond acceptors (Lipinski definition) is 6. The van der Waals surface area contributed by atoms with Crippen molar-refractivity contribution in [2.75, 3.05) is 7.11 Å². The van der Waals surface area contributed by atoms with Crippen LogP contribution >= 0.6 is 12.4 Å². The van der Waals surface area contributed by atoms with Crippen LogP contribution in [0.5, 0.6) is 11.5 Å². The van der Waals surface area contributed by atoms with E-state index in [1.165, 1.54) is 7.11 Å². The lowest BCUT2D eigenvalue weighted by Gasteiger charge is -2.19. The maximum absolute atomic E-state index is 10.8. The van der Waals surface area contributed by atoms with Crippen LogP contribution in [0.25, 0.3) is 0 Å². The SMILES string of the molecule is CC[C@H](O)[C@H](N)c1cc([N+](=O)[O-])cc(OC)c1O.Cl. The van der Waals surface area contributed by atoms with Crippen molar-refractivity contribution in [3.63, 3.8) is 0 Å². The number of nitrogens with two attached hydrogens (primary N) is 1. The standard InChI is InChI=1S/C11H16N2O5.ClH/c1-3-8(14)10(12)7-4-6(13(16)17)5-9(18-2)11(7)15;/h4-5,8,10,14-15H,3,12H2,1-2H3;1H/t8-,10+;/m0./s1. The first-order chi connectivity index (χ1) is 8.42. The van der Waals surface area contributed by atoms with Crippen molar-refractivity contribution < 1.29 is 19.9 Å². The van der Waals surface area contributed by atoms with Crippen molar-refractivity contribution in [2.45, 2.75) is 25.5 Å². The van der Waals surface area contributed by atoms with Gasteiger partial charge in [0.2, 0.25) is 0 Å². The van der Waals surface area contributed by atoms with Crippen LogP contribution in [0.15, 0.2) is 12.1 Å². The summed E-state index contributed by atoms with van der Waals surface area (Å²) in [6, 6.07) is 1.33. The average Bonchev–Trinajstić information content (AvgIpc) is 2.36. The number of halogens is 1. The third-order valence-electron chi connectivity index (χ3n) is 2.71. The third-order valence-corrected chi connectivity index (χ3v) is 2.71. The van der Waals surface area contributed by atoms with Crippen LogP contribution < -0.4 is 10.5 Å². The van der Waals surface area contributed by atoms with E-state index in [1.807, 2.05) is 0 Å². The largest absolute Gasteiger partial charge is 0.504 e. The van der Waals surface area contributed by atoms with Crippen molar-refractivity contribution in [2.24, 2.45) is 5.73 Å². The molecule has 19 heavy (non-hydrogen) atoms. The van der Waals surface area contributed by atoms with Gasteiger partial charge in [-0.15, -0.1) is 12.4 Å². The van der Waals surface area contributed by atoms with Gasteiger partial charge in [-0.25, -0.2) is 0 Å². The van der Waals surface area contributed by atoms with Crippen LogP contribution in [0.1, 0.15) is 24.9 Å². The topological polar surface area (TPSA) is 119 Å². The number of phenols is 1. The second-order valence-corrected chi connectivity index (χ2v) is 3.84. The number of nitro benzene ring substituents is 1. The summed E-state index contributed by atoms with van der Waals surface area (Å²) in [5.41, 5.74) is 5.60. The van der Waals surface area contributed by atoms with Crippen molar-refractivity contribution >= 4 is 18.1 Å². The van der Waals surface area contributed by atoms with E-state index >= 15 is 0 Å². The number of phenolic OH excluding ortho intramolecular Hbond substituents is 1. The summed E-state index contributed by atoms with van der Waals surface area (Å²) in [5.74, 6) is -0.332. The van der Waals surface area contributed by atoms with Crippen LogP contribution in [-0.2, 0) is 0 Å². The van der Waals surface area contributed by atoms with Crippen LogP contribution in [0.3, 0.4) is 0 Å². The second kappa shape index (κ2) is 7.13. The molecule has 0 saturated carbocycles. The second-order valence-electron chi connectivity index (χ2n) is 3.84. The van der Waals surface area contributed by atoms with Gasteiger partial charge in [0.25, 0.3) is 5.69 Å². The molecule has 4 N–H and O–H groups in total. The van der Waals surface area contributed by atoms with Crippen molar-refractivity contribution in [1.29, 1.82) is 0 Å². The molecule has 1 rings (SSSR count). The number of ether oxygens (including phenoxy) is 1. The molecular formula is C11H17ClN2O5. The summed E-state index contributed by atoms with van der Waals surface area (Å²) in [7, 11) is 1.28. The highest BCUT2D eigenvalue weighted by atomic mass is 35.5. The number of rotatable bonds is 5. The maximum Gasteiger partial charge on any atom is 0.273 e. The van der Waals surface area contributed by atoms with Crippen molar-refractivity contribution in [3.8, 4) is 11.5 Å². The molecule has 0 amide bonds. The molecule has 0 heterocycles. The molecule has 0 aliphatic heterocycles. The zero-order chi connectivity index (χ0) is 13.9. The molecule has 2 atom stereocenters. The lowest BCUT2D eigenvalue weighted by atomic mass is 9.98. The van der Waals surface area contributed by atoms with Gasteiger partial charge in [-0.2, -0.15) is 0 Å². The average molecular weight is 293 g/mol. The van der Waals surface area contributed by atoms with Crippen LogP contribution in [0.4, 0.5) is 5.69 Å². The van der Waals surface area contributed by atoms with Gasteiger partial charge >= 0.3 is 0 Å². The molecule has 108 valence electrons. The summed E-state index contributed by atoms with van der Waals surface area (Å²) in [4.78, 5) is 10.1. The lowest BCUT2D eigenvalue weighted by molar-refractivity contribution is -0.385. The number of hydrogen-bond donors (Lipinski definition) is 3. The predicted octanol–water partition coefficient (Wildman–Crippen LogP) is 1.50. The minimum absolute atomic E-state index is 0. The number of benzene rings is 1. The molecule has 0 aromatic heterocycles. The van der Waals surface area contributed by atoms with Gasteiger partial charge in [-0.1, -0.05) is 6.92 Å². The molecule has 0 radical (unpaired) electrons. The third kappa shape index (κ3) is 3.69. The van der Waals surface area contributed by atoms with E-state index < -0.39 is 17.1 Å². The molecule has 0 saturated heterocycles. The van der Waals surface area contributed by atoms with Gasteiger partial charge in [0.1, 0.15) is 0 Å². The maximum atomic E-state index is 10.8. The van der Waals surface area contributed by atoms with E-state index in [9.17, 15) is 20.3 Å². The van der Waals surface area contributed by atoms with Gasteiger partial charge in [0.15, 0.2) is 11.5 Å². The minimum Gasteiger partial charge on any atom is -0.504 e. The fourth-order valence-corrected chi connectivity index (χ4v) is 1.59. The van der Waals surface area contributed by atoms with E-state index in [0.717, 1.165) is 12.1 Å². The van der Waals surface area contributed by atoms with Gasteiger partial charge < -0.3 is 20.7 Å². The molecule has 0 fully saturated rings. The summed E-state index contributed by atoms with van der Waals surface area (Å²) >= 11 is 0. The van der Waals surface area contributed by atoms with Crippen molar-refractivity contribution in [1.82, 2.24) is 0 Å². The van der Waals surface area contributed by atoms with E-state index in [4.69, 9.17) is 10.5 Å². The molecule has 0 spiro atoms. The Labute approximate surface area is 116 Å². The highest BCUT2D eigenvalue weighted by molar-refractivity contribution is 5.85. The quantitative estimate of drug-likeness (QED) is 0.559. The zero-order valence-corrected chi connectivity index (χ0v) is 11.4. The lowest BCUT2D eigenvalue weighted by Crippen LogP contribution is -2.25. The van der Waals surface area contributed by atoms with E-state index in [2.05, 4.69) is 0 Å². The van der Waals surface area contributed by atoms with Gasteiger partial charge in [-0.05, 0) is 6.42 Å². The monoisotopic (exact) mass is 292 g/mol. The molecule has 0 bridgehead atoms. The highest BCUT2D eigenvalue weighted by Crippen LogP contribution is 2.38. The number of non-ortho nitro benzene ring substituents is 1. The molecule has 0 aliphatic carbocycles. The Morgan fingerprint density at radius 1 is 1.53 bits per heavy atom. The Morgan fingerprint density at radius 2 is 2.11 bits per heavy atom. The molecule has 1 aromatic carbocycles. The first kappa shape index (κ1) is 17.4. The van der Waals surface area contributed by atoms with Gasteiger partial charge in [0, 0.05) is 11.6 Å².